The van der Waals surface area contributed by atoms with E-state index in [1.165, 1.54) is 11.1 Å². The maximum atomic E-state index is 5.71. The van der Waals surface area contributed by atoms with E-state index in [0.717, 1.165) is 36.8 Å². The van der Waals surface area contributed by atoms with Crippen molar-refractivity contribution < 1.29 is 9.47 Å². The van der Waals surface area contributed by atoms with Crippen LogP contribution in [0, 0.1) is 6.92 Å². The zero-order valence-electron chi connectivity index (χ0n) is 12.4. The summed E-state index contributed by atoms with van der Waals surface area (Å²) >= 11 is 0. The van der Waals surface area contributed by atoms with Gasteiger partial charge >= 0.3 is 0 Å². The minimum Gasteiger partial charge on any atom is -0.497 e. The van der Waals surface area contributed by atoms with Crippen LogP contribution in [0.25, 0.3) is 0 Å². The van der Waals surface area contributed by atoms with E-state index in [9.17, 15) is 0 Å². The number of hydrogen-bond donors (Lipinski definition) is 1. The van der Waals surface area contributed by atoms with Gasteiger partial charge < -0.3 is 14.8 Å². The molecule has 4 nitrogen and oxygen atoms in total. The highest BCUT2D eigenvalue weighted by molar-refractivity contribution is 5.43. The molecule has 0 spiro atoms. The summed E-state index contributed by atoms with van der Waals surface area (Å²) < 4.78 is 11.0. The number of fused-ring (bicyclic) bond motifs is 1. The smallest absolute Gasteiger partial charge is 0.124 e. The van der Waals surface area contributed by atoms with Crippen molar-refractivity contribution in [2.45, 2.75) is 25.9 Å². The summed E-state index contributed by atoms with van der Waals surface area (Å²) in [5.74, 6) is 1.81. The summed E-state index contributed by atoms with van der Waals surface area (Å²) in [6, 6.07) is 10.4. The number of nitrogens with one attached hydrogen (secondary N) is 1. The number of benzene rings is 1. The monoisotopic (exact) mass is 284 g/mol. The molecule has 1 unspecified atom stereocenters. The second-order valence-corrected chi connectivity index (χ2v) is 5.28. The topological polar surface area (TPSA) is 43.4 Å². The van der Waals surface area contributed by atoms with E-state index in [2.05, 4.69) is 22.4 Å². The van der Waals surface area contributed by atoms with Crippen molar-refractivity contribution in [1.82, 2.24) is 10.3 Å². The number of rotatable bonds is 4. The Kier molecular flexibility index (Phi) is 4.06. The molecule has 1 aromatic heterocycles. The van der Waals surface area contributed by atoms with Gasteiger partial charge in [0.05, 0.1) is 13.7 Å². The van der Waals surface area contributed by atoms with E-state index in [-0.39, 0.29) is 6.04 Å². The number of hydrogen-bond acceptors (Lipinski definition) is 4. The lowest BCUT2D eigenvalue weighted by atomic mass is 10.00. The third-order valence-electron chi connectivity index (χ3n) is 3.78. The van der Waals surface area contributed by atoms with Gasteiger partial charge in [0.2, 0.25) is 0 Å². The van der Waals surface area contributed by atoms with Crippen molar-refractivity contribution in [3.63, 3.8) is 0 Å². The molecule has 0 amide bonds. The van der Waals surface area contributed by atoms with Gasteiger partial charge in [-0.05, 0) is 36.8 Å². The summed E-state index contributed by atoms with van der Waals surface area (Å²) in [5.41, 5.74) is 3.40. The van der Waals surface area contributed by atoms with Crippen LogP contribution in [0.1, 0.15) is 29.3 Å². The number of aromatic nitrogens is 1. The summed E-state index contributed by atoms with van der Waals surface area (Å²) in [4.78, 5) is 4.33. The molecule has 21 heavy (non-hydrogen) atoms. The van der Waals surface area contributed by atoms with Crippen LogP contribution < -0.4 is 14.8 Å². The maximum absolute atomic E-state index is 5.71. The Morgan fingerprint density at radius 3 is 3.00 bits per heavy atom. The van der Waals surface area contributed by atoms with Gasteiger partial charge in [-0.3, -0.25) is 4.98 Å². The summed E-state index contributed by atoms with van der Waals surface area (Å²) in [6.07, 6.45) is 2.88. The van der Waals surface area contributed by atoms with Crippen molar-refractivity contribution in [2.75, 3.05) is 13.7 Å². The molecule has 1 aromatic carbocycles. The molecule has 3 rings (SSSR count). The van der Waals surface area contributed by atoms with Crippen molar-refractivity contribution in [3.05, 3.63) is 53.3 Å². The normalized spacial score (nSPS) is 17.0. The van der Waals surface area contributed by atoms with Crippen LogP contribution in [0.3, 0.4) is 0 Å². The predicted molar refractivity (Wildman–Crippen MR) is 81.7 cm³/mol. The van der Waals surface area contributed by atoms with Gasteiger partial charge in [0, 0.05) is 36.5 Å². The Labute approximate surface area is 125 Å². The van der Waals surface area contributed by atoms with Gasteiger partial charge in [-0.25, -0.2) is 0 Å². The fraction of sp³-hybridized carbons (Fsp3) is 0.353. The zero-order valence-corrected chi connectivity index (χ0v) is 12.4. The quantitative estimate of drug-likeness (QED) is 0.937. The number of aryl methyl sites for hydroxylation is 1. The Morgan fingerprint density at radius 1 is 1.33 bits per heavy atom. The molecule has 110 valence electrons. The second kappa shape index (κ2) is 6.14. The average molecular weight is 284 g/mol. The molecule has 0 saturated carbocycles. The highest BCUT2D eigenvalue weighted by Crippen LogP contribution is 2.34. The van der Waals surface area contributed by atoms with Gasteiger partial charge in [0.1, 0.15) is 11.5 Å². The van der Waals surface area contributed by atoms with Crippen LogP contribution >= 0.6 is 0 Å². The van der Waals surface area contributed by atoms with Crippen molar-refractivity contribution in [3.8, 4) is 11.5 Å². The number of nitrogens with zero attached hydrogens (tertiary/aromatic N) is 1. The van der Waals surface area contributed by atoms with Crippen molar-refractivity contribution in [1.29, 1.82) is 0 Å². The first kappa shape index (κ1) is 13.9. The lowest BCUT2D eigenvalue weighted by Crippen LogP contribution is -2.26. The Balaban J connectivity index is 1.73. The average Bonchev–Trinajstić information content (AvgIpc) is 2.54. The highest BCUT2D eigenvalue weighted by Gasteiger charge is 2.21. The van der Waals surface area contributed by atoms with E-state index >= 15 is 0 Å². The fourth-order valence-electron chi connectivity index (χ4n) is 2.56. The Hall–Kier alpha value is -2.07. The van der Waals surface area contributed by atoms with Gasteiger partial charge in [-0.2, -0.15) is 0 Å². The molecule has 1 aliphatic heterocycles. The molecule has 4 heteroatoms. The molecule has 0 saturated heterocycles. The maximum Gasteiger partial charge on any atom is 0.124 e. The van der Waals surface area contributed by atoms with E-state index in [1.54, 1.807) is 7.11 Å². The summed E-state index contributed by atoms with van der Waals surface area (Å²) in [7, 11) is 1.69. The molecule has 1 atom stereocenters. The molecule has 1 aliphatic rings. The molecule has 0 radical (unpaired) electrons. The molecule has 0 aliphatic carbocycles. The van der Waals surface area contributed by atoms with Crippen molar-refractivity contribution >= 4 is 0 Å². The minimum absolute atomic E-state index is 0.283. The Morgan fingerprint density at radius 2 is 2.24 bits per heavy atom. The van der Waals surface area contributed by atoms with Gasteiger partial charge in [0.25, 0.3) is 0 Å². The van der Waals surface area contributed by atoms with E-state index in [0.29, 0.717) is 0 Å². The number of methoxy groups -OCH3 is 1. The van der Waals surface area contributed by atoms with Crippen LogP contribution in [-0.4, -0.2) is 18.7 Å². The lowest BCUT2D eigenvalue weighted by molar-refractivity contribution is 0.251. The van der Waals surface area contributed by atoms with Gasteiger partial charge in [0.15, 0.2) is 0 Å². The predicted octanol–water partition coefficient (Wildman–Crippen LogP) is 3.01. The first-order valence-corrected chi connectivity index (χ1v) is 7.22. The highest BCUT2D eigenvalue weighted by atomic mass is 16.5. The minimum atomic E-state index is 0.283. The van der Waals surface area contributed by atoms with Crippen LogP contribution in [0.4, 0.5) is 0 Å². The Bertz CT molecular complexity index is 611. The molecular formula is C17H20N2O2. The number of pyridine rings is 1. The second-order valence-electron chi connectivity index (χ2n) is 5.28. The third kappa shape index (κ3) is 3.16. The largest absolute Gasteiger partial charge is 0.497 e. The first-order chi connectivity index (χ1) is 10.3. The first-order valence-electron chi connectivity index (χ1n) is 7.22. The van der Waals surface area contributed by atoms with Gasteiger partial charge in [-0.1, -0.05) is 6.07 Å². The van der Waals surface area contributed by atoms with Crippen LogP contribution in [0.2, 0.25) is 0 Å². The molecule has 2 heterocycles. The van der Waals surface area contributed by atoms with E-state index < -0.39 is 0 Å². The SMILES string of the molecule is COc1ccc2c(c1)C(NCc1ccc(C)nc1)CCO2. The number of ether oxygens (including phenoxy) is 2. The fourth-order valence-corrected chi connectivity index (χ4v) is 2.56. The van der Waals surface area contributed by atoms with Crippen molar-refractivity contribution in [2.24, 2.45) is 0 Å². The van der Waals surface area contributed by atoms with Gasteiger partial charge in [-0.15, -0.1) is 0 Å². The van der Waals surface area contributed by atoms with Crippen LogP contribution in [0.15, 0.2) is 36.5 Å². The van der Waals surface area contributed by atoms with Crippen LogP contribution in [0.5, 0.6) is 11.5 Å². The summed E-state index contributed by atoms with van der Waals surface area (Å²) in [6.45, 7) is 3.54. The van der Waals surface area contributed by atoms with E-state index in [4.69, 9.17) is 9.47 Å². The standard InChI is InChI=1S/C17H20N2O2/c1-12-3-4-13(10-18-12)11-19-16-7-8-21-17-6-5-14(20-2)9-15(16)17/h3-6,9-10,16,19H,7-8,11H2,1-2H3. The lowest BCUT2D eigenvalue weighted by Gasteiger charge is -2.27. The molecule has 1 N–H and O–H groups in total. The molecule has 2 aromatic rings. The summed E-state index contributed by atoms with van der Waals surface area (Å²) in [5, 5.41) is 3.59. The van der Waals surface area contributed by atoms with E-state index in [1.807, 2.05) is 31.3 Å². The third-order valence-corrected chi connectivity index (χ3v) is 3.78. The molecular weight excluding hydrogens is 264 g/mol. The molecule has 0 bridgehead atoms. The zero-order chi connectivity index (χ0) is 14.7. The van der Waals surface area contributed by atoms with Crippen LogP contribution in [-0.2, 0) is 6.54 Å². The molecule has 0 fully saturated rings.